The summed E-state index contributed by atoms with van der Waals surface area (Å²) in [4.78, 5) is 34.8. The summed E-state index contributed by atoms with van der Waals surface area (Å²) in [6.45, 7) is 11.5. The number of nitrogens with zero attached hydrogens (tertiary/aromatic N) is 4. The average molecular weight is 374 g/mol. The first-order chi connectivity index (χ1) is 12.8. The predicted molar refractivity (Wildman–Crippen MR) is 106 cm³/mol. The number of primary amides is 1. The number of carbonyl (C=O) groups excluding carboxylic acids is 2. The lowest BCUT2D eigenvalue weighted by atomic mass is 9.92. The summed E-state index contributed by atoms with van der Waals surface area (Å²) in [5.41, 5.74) is 5.41. The van der Waals surface area contributed by atoms with Gasteiger partial charge in [-0.25, -0.2) is 4.98 Å². The maximum Gasteiger partial charge on any atom is 0.250 e. The molecule has 3 rings (SSSR count). The Morgan fingerprint density at radius 2 is 1.67 bits per heavy atom. The van der Waals surface area contributed by atoms with E-state index in [4.69, 9.17) is 5.73 Å². The molecule has 7 nitrogen and oxygen atoms in total. The van der Waals surface area contributed by atoms with Crippen LogP contribution in [0.5, 0.6) is 0 Å². The Morgan fingerprint density at radius 1 is 1.04 bits per heavy atom. The largest absolute Gasteiger partial charge is 0.366 e. The molecule has 2 aliphatic heterocycles. The number of pyridine rings is 1. The molecule has 0 aliphatic carbocycles. The van der Waals surface area contributed by atoms with Gasteiger partial charge in [-0.05, 0) is 25.0 Å². The van der Waals surface area contributed by atoms with Crippen LogP contribution in [-0.4, -0.2) is 71.9 Å². The molecule has 1 aromatic heterocycles. The Morgan fingerprint density at radius 3 is 2.15 bits per heavy atom. The summed E-state index contributed by atoms with van der Waals surface area (Å²) < 4.78 is 0. The Hall–Kier alpha value is -2.15. The molecule has 2 fully saturated rings. The van der Waals surface area contributed by atoms with Crippen LogP contribution >= 0.6 is 0 Å². The van der Waals surface area contributed by atoms with Gasteiger partial charge in [0.2, 0.25) is 11.8 Å². The highest BCUT2D eigenvalue weighted by Crippen LogP contribution is 2.24. The second-order valence-electron chi connectivity index (χ2n) is 8.57. The van der Waals surface area contributed by atoms with Gasteiger partial charge in [0.15, 0.2) is 0 Å². The van der Waals surface area contributed by atoms with Crippen LogP contribution in [0.2, 0.25) is 0 Å². The van der Waals surface area contributed by atoms with Crippen molar-refractivity contribution in [1.82, 2.24) is 14.8 Å². The van der Waals surface area contributed by atoms with Crippen molar-refractivity contribution >= 4 is 17.6 Å². The van der Waals surface area contributed by atoms with Crippen LogP contribution < -0.4 is 10.6 Å². The first-order valence-corrected chi connectivity index (χ1v) is 9.80. The summed E-state index contributed by atoms with van der Waals surface area (Å²) in [7, 11) is 0. The third-order valence-electron chi connectivity index (χ3n) is 5.58. The van der Waals surface area contributed by atoms with Crippen molar-refractivity contribution in [3.63, 3.8) is 0 Å². The highest BCUT2D eigenvalue weighted by atomic mass is 16.2. The van der Waals surface area contributed by atoms with Crippen LogP contribution in [0.1, 0.15) is 44.0 Å². The number of piperazine rings is 1. The first kappa shape index (κ1) is 19.6. The van der Waals surface area contributed by atoms with Crippen LogP contribution in [0.15, 0.2) is 18.3 Å². The van der Waals surface area contributed by atoms with Gasteiger partial charge < -0.3 is 15.5 Å². The van der Waals surface area contributed by atoms with Crippen molar-refractivity contribution < 1.29 is 9.59 Å². The second kappa shape index (κ2) is 7.84. The van der Waals surface area contributed by atoms with Gasteiger partial charge in [0, 0.05) is 56.9 Å². The molecule has 2 aliphatic rings. The number of rotatable bonds is 3. The molecule has 0 radical (unpaired) electrons. The fourth-order valence-corrected chi connectivity index (χ4v) is 3.94. The van der Waals surface area contributed by atoms with Crippen molar-refractivity contribution in [2.45, 2.75) is 39.7 Å². The van der Waals surface area contributed by atoms with Gasteiger partial charge in [0.25, 0.3) is 0 Å². The van der Waals surface area contributed by atoms with E-state index in [9.17, 15) is 9.59 Å². The lowest BCUT2D eigenvalue weighted by molar-refractivity contribution is -0.141. The van der Waals surface area contributed by atoms with Crippen molar-refractivity contribution in [3.8, 4) is 0 Å². The Bertz CT molecular complexity index is 667. The van der Waals surface area contributed by atoms with E-state index < -0.39 is 5.91 Å². The Labute approximate surface area is 161 Å². The second-order valence-corrected chi connectivity index (χ2v) is 8.57. The number of anilines is 1. The minimum absolute atomic E-state index is 0.260. The predicted octanol–water partition coefficient (Wildman–Crippen LogP) is 1.34. The zero-order chi connectivity index (χ0) is 19.6. The van der Waals surface area contributed by atoms with Gasteiger partial charge in [0.1, 0.15) is 5.82 Å². The molecule has 0 unspecified atom stereocenters. The molecule has 3 heterocycles. The molecule has 0 bridgehead atoms. The summed E-state index contributed by atoms with van der Waals surface area (Å²) in [6, 6.07) is 4.16. The van der Waals surface area contributed by atoms with Crippen LogP contribution in [0.4, 0.5) is 5.82 Å². The maximum atomic E-state index is 12.4. The lowest BCUT2D eigenvalue weighted by Crippen LogP contribution is -2.54. The normalized spacial score (nSPS) is 20.0. The van der Waals surface area contributed by atoms with E-state index in [0.717, 1.165) is 57.9 Å². The monoisotopic (exact) mass is 373 g/mol. The van der Waals surface area contributed by atoms with E-state index in [0.29, 0.717) is 11.6 Å². The number of hydrogen-bond donors (Lipinski definition) is 1. The molecular formula is C20H31N5O2. The van der Waals surface area contributed by atoms with E-state index in [2.05, 4.69) is 14.8 Å². The third-order valence-corrected chi connectivity index (χ3v) is 5.58. The summed E-state index contributed by atoms with van der Waals surface area (Å²) in [5.74, 6) is 0.705. The van der Waals surface area contributed by atoms with Crippen molar-refractivity contribution in [2.75, 3.05) is 44.2 Å². The highest BCUT2D eigenvalue weighted by molar-refractivity contribution is 5.92. The van der Waals surface area contributed by atoms with Crippen LogP contribution in [0, 0.1) is 5.41 Å². The molecule has 2 amide bonds. The van der Waals surface area contributed by atoms with Gasteiger partial charge in [-0.2, -0.15) is 0 Å². The number of carbonyl (C=O) groups is 2. The molecule has 2 N–H and O–H groups in total. The molecule has 148 valence electrons. The minimum Gasteiger partial charge on any atom is -0.366 e. The smallest absolute Gasteiger partial charge is 0.250 e. The number of hydrogen-bond acceptors (Lipinski definition) is 5. The molecule has 27 heavy (non-hydrogen) atoms. The van der Waals surface area contributed by atoms with E-state index >= 15 is 0 Å². The third kappa shape index (κ3) is 4.58. The molecule has 0 spiro atoms. The molecule has 7 heteroatoms. The number of aromatic nitrogens is 1. The van der Waals surface area contributed by atoms with Crippen molar-refractivity contribution in [1.29, 1.82) is 0 Å². The van der Waals surface area contributed by atoms with Crippen molar-refractivity contribution in [3.05, 3.63) is 23.9 Å². The maximum absolute atomic E-state index is 12.4. The zero-order valence-electron chi connectivity index (χ0n) is 16.6. The van der Waals surface area contributed by atoms with Gasteiger partial charge in [-0.15, -0.1) is 0 Å². The van der Waals surface area contributed by atoms with Gasteiger partial charge in [-0.1, -0.05) is 20.8 Å². The molecule has 1 aromatic rings. The van der Waals surface area contributed by atoms with E-state index in [-0.39, 0.29) is 11.3 Å². The van der Waals surface area contributed by atoms with Gasteiger partial charge in [0.05, 0.1) is 5.56 Å². The number of piperidine rings is 1. The SMILES string of the molecule is CC(C)(C)C(=O)N1CCC(N2CCN(c3ccc(C(N)=O)cn3)CC2)CC1. The first-order valence-electron chi connectivity index (χ1n) is 9.80. The quantitative estimate of drug-likeness (QED) is 0.865. The lowest BCUT2D eigenvalue weighted by Gasteiger charge is -2.43. The van der Waals surface area contributed by atoms with Crippen LogP contribution in [0.25, 0.3) is 0 Å². The molecule has 0 aromatic carbocycles. The number of likely N-dealkylation sites (tertiary alicyclic amines) is 1. The molecule has 2 saturated heterocycles. The fourth-order valence-electron chi connectivity index (χ4n) is 3.94. The van der Waals surface area contributed by atoms with E-state index in [1.54, 1.807) is 12.3 Å². The average Bonchev–Trinajstić information content (AvgIpc) is 2.67. The van der Waals surface area contributed by atoms with Gasteiger partial charge >= 0.3 is 0 Å². The highest BCUT2D eigenvalue weighted by Gasteiger charge is 2.33. The number of nitrogens with two attached hydrogens (primary N) is 1. The molecule has 0 atom stereocenters. The van der Waals surface area contributed by atoms with Crippen LogP contribution in [0.3, 0.4) is 0 Å². The molecular weight excluding hydrogens is 342 g/mol. The van der Waals surface area contributed by atoms with Crippen LogP contribution in [-0.2, 0) is 4.79 Å². The zero-order valence-corrected chi connectivity index (χ0v) is 16.6. The molecule has 0 saturated carbocycles. The minimum atomic E-state index is -0.449. The Kier molecular flexibility index (Phi) is 5.69. The van der Waals surface area contributed by atoms with Crippen molar-refractivity contribution in [2.24, 2.45) is 11.1 Å². The van der Waals surface area contributed by atoms with Gasteiger partial charge in [-0.3, -0.25) is 14.5 Å². The Balaban J connectivity index is 1.49. The summed E-state index contributed by atoms with van der Waals surface area (Å²) in [6.07, 6.45) is 3.65. The summed E-state index contributed by atoms with van der Waals surface area (Å²) in [5, 5.41) is 0. The van der Waals surface area contributed by atoms with E-state index in [1.807, 2.05) is 31.7 Å². The fraction of sp³-hybridized carbons (Fsp3) is 0.650. The van der Waals surface area contributed by atoms with E-state index in [1.165, 1.54) is 0 Å². The number of amides is 2. The summed E-state index contributed by atoms with van der Waals surface area (Å²) >= 11 is 0. The topological polar surface area (TPSA) is 82.8 Å². The standard InChI is InChI=1S/C20H31N5O2/c1-20(2,3)19(27)25-8-6-16(7-9-25)23-10-12-24(13-11-23)17-5-4-15(14-22-17)18(21)26/h4-5,14,16H,6-13H2,1-3H3,(H2,21,26).